The molecule has 4 atom stereocenters. The van der Waals surface area contributed by atoms with Crippen molar-refractivity contribution in [2.24, 2.45) is 7.05 Å². The second-order valence-electron chi connectivity index (χ2n) is 14.9. The molecule has 284 valence electrons. The summed E-state index contributed by atoms with van der Waals surface area (Å²) in [5.41, 5.74) is 5.40. The Hall–Kier alpha value is -6.06. The van der Waals surface area contributed by atoms with Crippen LogP contribution in [0.25, 0.3) is 22.8 Å². The molecule has 2 N–H and O–H groups in total. The summed E-state index contributed by atoms with van der Waals surface area (Å²) in [6.07, 6.45) is 11.2. The van der Waals surface area contributed by atoms with Gasteiger partial charge < -0.3 is 19.7 Å². The van der Waals surface area contributed by atoms with Crippen LogP contribution in [0.2, 0.25) is 0 Å². The molecule has 2 aliphatic carbocycles. The van der Waals surface area contributed by atoms with Crippen molar-refractivity contribution in [2.45, 2.75) is 102 Å². The number of hydrogen-bond acceptors (Lipinski definition) is 12. The van der Waals surface area contributed by atoms with Crippen LogP contribution in [0.1, 0.15) is 152 Å². The van der Waals surface area contributed by atoms with Crippen molar-refractivity contribution in [3.05, 3.63) is 95.2 Å². The Kier molecular flexibility index (Phi) is 9.80. The minimum absolute atomic E-state index is 0.0346. The van der Waals surface area contributed by atoms with Gasteiger partial charge in [0.1, 0.15) is 23.5 Å². The molecule has 0 radical (unpaired) electrons. The summed E-state index contributed by atoms with van der Waals surface area (Å²) in [7, 11) is 1.75. The lowest BCUT2D eigenvalue weighted by Crippen LogP contribution is -2.29. The maximum absolute atomic E-state index is 13.4. The average Bonchev–Trinajstić information content (AvgIpc) is 3.96. The Labute approximate surface area is 317 Å². The van der Waals surface area contributed by atoms with Gasteiger partial charge in [-0.1, -0.05) is 17.2 Å². The van der Waals surface area contributed by atoms with Gasteiger partial charge in [0.05, 0.1) is 11.7 Å². The van der Waals surface area contributed by atoms with Gasteiger partial charge in [-0.2, -0.15) is 20.2 Å². The smallest absolute Gasteiger partial charge is 0.270 e. The molecule has 6 heterocycles. The zero-order chi connectivity index (χ0) is 38.2. The molecule has 6 aromatic rings. The first-order chi connectivity index (χ1) is 26.6. The molecule has 0 saturated heterocycles. The molecule has 16 heteroatoms. The Morgan fingerprint density at radius 1 is 0.745 bits per heavy atom. The first kappa shape index (κ1) is 35.9. The molecular weight excluding hydrogens is 701 g/mol. The number of nitrogens with zero attached hydrogens (tertiary/aromatic N) is 10. The fraction of sp³-hybridized carbons (Fsp3) is 0.436. The van der Waals surface area contributed by atoms with Gasteiger partial charge in [-0.15, -0.1) is 0 Å². The van der Waals surface area contributed by atoms with Gasteiger partial charge in [0.15, 0.2) is 0 Å². The van der Waals surface area contributed by atoms with E-state index in [2.05, 4.69) is 58.0 Å². The fourth-order valence-corrected chi connectivity index (χ4v) is 6.65. The highest BCUT2D eigenvalue weighted by Crippen LogP contribution is 2.40. The van der Waals surface area contributed by atoms with E-state index in [1.165, 1.54) is 0 Å². The van der Waals surface area contributed by atoms with E-state index in [0.717, 1.165) is 66.7 Å². The van der Waals surface area contributed by atoms with Crippen molar-refractivity contribution in [1.82, 2.24) is 60.4 Å². The van der Waals surface area contributed by atoms with Crippen molar-refractivity contribution < 1.29 is 18.6 Å². The number of amides is 2. The summed E-state index contributed by atoms with van der Waals surface area (Å²) in [6.45, 7) is 7.71. The van der Waals surface area contributed by atoms with E-state index in [9.17, 15) is 9.59 Å². The third-order valence-electron chi connectivity index (χ3n) is 10.4. The van der Waals surface area contributed by atoms with Gasteiger partial charge in [-0.3, -0.25) is 28.9 Å². The predicted molar refractivity (Wildman–Crippen MR) is 199 cm³/mol. The largest absolute Gasteiger partial charge is 0.339 e. The van der Waals surface area contributed by atoms with E-state index in [4.69, 9.17) is 9.05 Å². The van der Waals surface area contributed by atoms with Crippen molar-refractivity contribution in [1.29, 1.82) is 0 Å². The number of carbonyl (C=O) groups excluding carboxylic acids is 2. The highest BCUT2D eigenvalue weighted by atomic mass is 16.5. The van der Waals surface area contributed by atoms with E-state index < -0.39 is 12.1 Å². The van der Waals surface area contributed by atoms with Gasteiger partial charge in [0, 0.05) is 65.9 Å². The molecule has 55 heavy (non-hydrogen) atoms. The predicted octanol–water partition coefficient (Wildman–Crippen LogP) is 6.39. The summed E-state index contributed by atoms with van der Waals surface area (Å²) >= 11 is 0. The van der Waals surface area contributed by atoms with Crippen LogP contribution in [0.15, 0.2) is 64.0 Å². The average molecular weight is 745 g/mol. The van der Waals surface area contributed by atoms with Crippen LogP contribution in [0.3, 0.4) is 0 Å². The lowest BCUT2D eigenvalue weighted by atomic mass is 9.99. The molecule has 0 spiro atoms. The van der Waals surface area contributed by atoms with Gasteiger partial charge in [0.25, 0.3) is 11.8 Å². The second-order valence-corrected chi connectivity index (χ2v) is 14.9. The van der Waals surface area contributed by atoms with Crippen LogP contribution in [-0.4, -0.2) is 61.6 Å². The highest BCUT2D eigenvalue weighted by molar-refractivity contribution is 5.93. The van der Waals surface area contributed by atoms with E-state index in [1.54, 1.807) is 54.9 Å². The number of carbonyl (C=O) groups is 2. The molecular formula is C39H44N12O4. The number of pyridine rings is 2. The molecule has 2 unspecified atom stereocenters. The molecule has 2 amide bonds. The van der Waals surface area contributed by atoms with Gasteiger partial charge in [0.2, 0.25) is 23.4 Å². The van der Waals surface area contributed by atoms with E-state index >= 15 is 0 Å². The Morgan fingerprint density at radius 2 is 1.29 bits per heavy atom. The van der Waals surface area contributed by atoms with Gasteiger partial charge >= 0.3 is 0 Å². The van der Waals surface area contributed by atoms with Crippen LogP contribution in [0.4, 0.5) is 0 Å². The number of nitrogens with one attached hydrogen (secondary N) is 2. The molecule has 16 nitrogen and oxygen atoms in total. The molecule has 0 aliphatic heterocycles. The van der Waals surface area contributed by atoms with Crippen molar-refractivity contribution in [3.63, 3.8) is 0 Å². The van der Waals surface area contributed by atoms with Crippen molar-refractivity contribution >= 4 is 11.8 Å². The minimum Gasteiger partial charge on any atom is -0.339 e. The maximum atomic E-state index is 13.4. The van der Waals surface area contributed by atoms with Crippen LogP contribution in [0.5, 0.6) is 0 Å². The lowest BCUT2D eigenvalue weighted by molar-refractivity contribution is 0.0912. The minimum atomic E-state index is -0.521. The third-order valence-corrected chi connectivity index (χ3v) is 10.4. The standard InChI is InChI=1S/C39H44N12O4/c1-21(29-20-33(50(5)47-29)37(53)44-24(4)39-46-35(49-55-39)28-13-16-41-31(19-28)26-10-11-26)6-7-22(2)51-32(14-17-42-51)36(52)43-23(3)38-45-34(48-54-38)27-12-15-40-30(18-27)25-8-9-25/h12-26H,6-11H2,1-5H3,(H,43,52)(H,44,53)/t21?,22?,23-,24-/m0/s1. The van der Waals surface area contributed by atoms with Gasteiger partial charge in [-0.05, 0) is 95.7 Å². The Morgan fingerprint density at radius 3 is 1.84 bits per heavy atom. The zero-order valence-electron chi connectivity index (χ0n) is 31.5. The number of aryl methyl sites for hydroxylation is 1. The van der Waals surface area contributed by atoms with Crippen LogP contribution >= 0.6 is 0 Å². The Balaban J connectivity index is 0.843. The highest BCUT2D eigenvalue weighted by Gasteiger charge is 2.28. The summed E-state index contributed by atoms with van der Waals surface area (Å²) < 4.78 is 14.4. The Bertz CT molecular complexity index is 2320. The number of rotatable bonds is 15. The molecule has 2 saturated carbocycles. The topological polar surface area (TPSA) is 197 Å². The SMILES string of the molecule is CC(CCC(C)n1nccc1C(=O)N[C@@H](C)c1nc(-c2ccnc(C3CC3)c2)no1)c1cc(C(=O)N[C@@H](C)c2nc(-c3ccnc(C4CC4)c3)no2)n(C)n1. The quantitative estimate of drug-likeness (QED) is 0.118. The molecule has 8 rings (SSSR count). The summed E-state index contributed by atoms with van der Waals surface area (Å²) in [5.74, 6) is 2.01. The zero-order valence-corrected chi connectivity index (χ0v) is 31.5. The first-order valence-electron chi connectivity index (χ1n) is 18.9. The van der Waals surface area contributed by atoms with E-state index in [-0.39, 0.29) is 23.8 Å². The summed E-state index contributed by atoms with van der Waals surface area (Å²) in [4.78, 5) is 44.8. The summed E-state index contributed by atoms with van der Waals surface area (Å²) in [5, 5.41) is 23.4. The molecule has 2 aliphatic rings. The number of hydrogen-bond donors (Lipinski definition) is 2. The van der Waals surface area contributed by atoms with E-state index in [1.807, 2.05) is 37.3 Å². The number of aromatic nitrogens is 10. The molecule has 2 fully saturated rings. The maximum Gasteiger partial charge on any atom is 0.270 e. The van der Waals surface area contributed by atoms with Crippen LogP contribution in [-0.2, 0) is 7.05 Å². The van der Waals surface area contributed by atoms with Gasteiger partial charge in [-0.25, -0.2) is 0 Å². The van der Waals surface area contributed by atoms with Crippen LogP contribution in [0, 0.1) is 0 Å². The fourth-order valence-electron chi connectivity index (χ4n) is 6.65. The lowest BCUT2D eigenvalue weighted by Gasteiger charge is -2.18. The third kappa shape index (κ3) is 7.93. The molecule has 0 aromatic carbocycles. The molecule has 0 bridgehead atoms. The molecule has 6 aromatic heterocycles. The van der Waals surface area contributed by atoms with Crippen molar-refractivity contribution in [2.75, 3.05) is 0 Å². The van der Waals surface area contributed by atoms with Crippen molar-refractivity contribution in [3.8, 4) is 22.8 Å². The summed E-state index contributed by atoms with van der Waals surface area (Å²) in [6, 6.07) is 10.1. The first-order valence-corrected chi connectivity index (χ1v) is 18.9. The van der Waals surface area contributed by atoms with E-state index in [0.29, 0.717) is 46.7 Å². The second kappa shape index (κ2) is 15.0. The monoisotopic (exact) mass is 744 g/mol. The normalized spacial score (nSPS) is 16.4. The van der Waals surface area contributed by atoms with Crippen LogP contribution < -0.4 is 10.6 Å².